The summed E-state index contributed by atoms with van der Waals surface area (Å²) >= 11 is 23.2. The van der Waals surface area contributed by atoms with Crippen molar-refractivity contribution in [3.05, 3.63) is 65.7 Å². The summed E-state index contributed by atoms with van der Waals surface area (Å²) in [6, 6.07) is 16.3. The minimum Gasteiger partial charge on any atom is -0.339 e. The number of hydrogen-bond donors (Lipinski definition) is 3. The van der Waals surface area contributed by atoms with Gasteiger partial charge in [-0.3, -0.25) is 4.79 Å². The molecule has 1 amide bonds. The van der Waals surface area contributed by atoms with Crippen LogP contribution in [0, 0.1) is 6.92 Å². The van der Waals surface area contributed by atoms with Crippen molar-refractivity contribution in [2.24, 2.45) is 0 Å². The maximum Gasteiger partial charge on any atom is 0.252 e. The Morgan fingerprint density at radius 3 is 2.32 bits per heavy atom. The molecule has 0 aliphatic rings. The Hall–Kier alpha value is -1.53. The van der Waals surface area contributed by atoms with Gasteiger partial charge in [-0.2, -0.15) is 0 Å². The minimum absolute atomic E-state index is 0.218. The number of aryl methyl sites for hydroxylation is 1. The summed E-state index contributed by atoms with van der Waals surface area (Å²) in [4.78, 5) is 12.3. The molecule has 0 unspecified atom stereocenters. The van der Waals surface area contributed by atoms with Crippen molar-refractivity contribution in [3.8, 4) is 0 Å². The summed E-state index contributed by atoms with van der Waals surface area (Å²) in [6.07, 6.45) is -1.02. The van der Waals surface area contributed by atoms with Crippen molar-refractivity contribution < 1.29 is 4.79 Å². The molecule has 0 heterocycles. The molecule has 2 aromatic rings. The minimum atomic E-state index is -1.80. The van der Waals surface area contributed by atoms with E-state index < -0.39 is 9.96 Å². The van der Waals surface area contributed by atoms with Crippen LogP contribution in [-0.2, 0) is 0 Å². The van der Waals surface area contributed by atoms with Crippen LogP contribution in [0.2, 0.25) is 0 Å². The molecule has 0 saturated carbocycles. The van der Waals surface area contributed by atoms with Crippen LogP contribution in [0.1, 0.15) is 15.9 Å². The normalized spacial score (nSPS) is 12.2. The van der Waals surface area contributed by atoms with Crippen LogP contribution in [0.5, 0.6) is 0 Å². The Morgan fingerprint density at radius 2 is 1.72 bits per heavy atom. The average molecular weight is 417 g/mol. The zero-order valence-electron chi connectivity index (χ0n) is 13.2. The highest BCUT2D eigenvalue weighted by Gasteiger charge is 2.34. The largest absolute Gasteiger partial charge is 0.339 e. The van der Waals surface area contributed by atoms with Gasteiger partial charge >= 0.3 is 0 Å². The number of anilines is 1. The summed E-state index contributed by atoms with van der Waals surface area (Å²) in [5.41, 5.74) is 2.30. The molecule has 4 nitrogen and oxygen atoms in total. The van der Waals surface area contributed by atoms with Crippen molar-refractivity contribution in [1.29, 1.82) is 0 Å². The molecule has 0 saturated heterocycles. The lowest BCUT2D eigenvalue weighted by Gasteiger charge is -2.27. The third-order valence-electron chi connectivity index (χ3n) is 3.19. The fraction of sp³-hybridized carbons (Fsp3) is 0.176. The Kier molecular flexibility index (Phi) is 6.90. The maximum absolute atomic E-state index is 12.3. The van der Waals surface area contributed by atoms with Gasteiger partial charge in [-0.15, -0.1) is 0 Å². The van der Waals surface area contributed by atoms with Gasteiger partial charge in [0, 0.05) is 11.3 Å². The van der Waals surface area contributed by atoms with E-state index in [1.54, 1.807) is 24.3 Å². The molecule has 0 fully saturated rings. The lowest BCUT2D eigenvalue weighted by molar-refractivity contribution is 0.0934. The molecule has 0 aromatic heterocycles. The van der Waals surface area contributed by atoms with Gasteiger partial charge < -0.3 is 16.0 Å². The SMILES string of the molecule is Cc1cccc(NC(=S)N[C@@H](NC(=O)c2ccccc2)C(Cl)(Cl)Cl)c1. The first-order valence-corrected chi connectivity index (χ1v) is 8.87. The number of carbonyl (C=O) groups is 1. The first kappa shape index (κ1) is 19.8. The topological polar surface area (TPSA) is 53.2 Å². The van der Waals surface area contributed by atoms with Gasteiger partial charge in [-0.05, 0) is 49.0 Å². The summed E-state index contributed by atoms with van der Waals surface area (Å²) in [7, 11) is 0. The summed E-state index contributed by atoms with van der Waals surface area (Å²) in [6.45, 7) is 1.96. The number of nitrogens with one attached hydrogen (secondary N) is 3. The predicted molar refractivity (Wildman–Crippen MR) is 109 cm³/mol. The number of halogens is 3. The van der Waals surface area contributed by atoms with Crippen molar-refractivity contribution >= 4 is 63.7 Å². The monoisotopic (exact) mass is 415 g/mol. The lowest BCUT2D eigenvalue weighted by atomic mass is 10.2. The molecule has 0 aliphatic heterocycles. The molecular weight excluding hydrogens is 401 g/mol. The number of alkyl halides is 3. The van der Waals surface area contributed by atoms with Crippen molar-refractivity contribution in [3.63, 3.8) is 0 Å². The molecule has 0 bridgehead atoms. The second-order valence-electron chi connectivity index (χ2n) is 5.28. The highest BCUT2D eigenvalue weighted by atomic mass is 35.6. The van der Waals surface area contributed by atoms with Gasteiger partial charge in [-0.25, -0.2) is 0 Å². The fourth-order valence-electron chi connectivity index (χ4n) is 2.02. The molecular formula is C17H16Cl3N3OS. The van der Waals surface area contributed by atoms with E-state index in [9.17, 15) is 4.79 Å². The first-order valence-electron chi connectivity index (χ1n) is 7.32. The zero-order valence-corrected chi connectivity index (χ0v) is 16.3. The third kappa shape index (κ3) is 6.36. The van der Waals surface area contributed by atoms with Crippen molar-refractivity contribution in [1.82, 2.24) is 10.6 Å². The van der Waals surface area contributed by atoms with Crippen LogP contribution >= 0.6 is 47.0 Å². The van der Waals surface area contributed by atoms with Gasteiger partial charge in [0.05, 0.1) is 0 Å². The van der Waals surface area contributed by atoms with Gasteiger partial charge in [0.1, 0.15) is 6.17 Å². The Labute approximate surface area is 166 Å². The van der Waals surface area contributed by atoms with E-state index >= 15 is 0 Å². The highest BCUT2D eigenvalue weighted by molar-refractivity contribution is 7.80. The summed E-state index contributed by atoms with van der Waals surface area (Å²) < 4.78 is -1.80. The number of amides is 1. The molecule has 0 aliphatic carbocycles. The second-order valence-corrected chi connectivity index (χ2v) is 8.06. The van der Waals surface area contributed by atoms with Gasteiger partial charge in [-0.1, -0.05) is 65.1 Å². The number of hydrogen-bond acceptors (Lipinski definition) is 2. The van der Waals surface area contributed by atoms with E-state index in [-0.39, 0.29) is 11.0 Å². The molecule has 3 N–H and O–H groups in total. The molecule has 2 aromatic carbocycles. The zero-order chi connectivity index (χ0) is 18.4. The maximum atomic E-state index is 12.3. The van der Waals surface area contributed by atoms with Crippen LogP contribution in [-0.4, -0.2) is 21.0 Å². The quantitative estimate of drug-likeness (QED) is 0.393. The van der Waals surface area contributed by atoms with E-state index in [0.717, 1.165) is 11.3 Å². The van der Waals surface area contributed by atoms with Crippen LogP contribution in [0.4, 0.5) is 5.69 Å². The molecule has 0 spiro atoms. The average Bonchev–Trinajstić information content (AvgIpc) is 2.54. The van der Waals surface area contributed by atoms with Crippen LogP contribution in [0.25, 0.3) is 0 Å². The van der Waals surface area contributed by atoms with Crippen LogP contribution < -0.4 is 16.0 Å². The van der Waals surface area contributed by atoms with E-state index in [0.29, 0.717) is 5.56 Å². The molecule has 1 atom stereocenters. The van der Waals surface area contributed by atoms with E-state index in [1.165, 1.54) is 0 Å². The summed E-state index contributed by atoms with van der Waals surface area (Å²) in [5, 5.41) is 8.66. The highest BCUT2D eigenvalue weighted by Crippen LogP contribution is 2.29. The number of benzene rings is 2. The number of thiocarbonyl (C=S) groups is 1. The molecule has 2 rings (SSSR count). The fourth-order valence-corrected chi connectivity index (χ4v) is 2.59. The van der Waals surface area contributed by atoms with Gasteiger partial charge in [0.2, 0.25) is 3.79 Å². The van der Waals surface area contributed by atoms with Crippen LogP contribution in [0.15, 0.2) is 54.6 Å². The number of carbonyl (C=O) groups excluding carboxylic acids is 1. The van der Waals surface area contributed by atoms with Crippen LogP contribution in [0.3, 0.4) is 0 Å². The number of rotatable bonds is 4. The standard InChI is InChI=1S/C17H16Cl3N3OS/c1-11-6-5-9-13(10-11)21-16(25)23-15(17(18,19)20)22-14(24)12-7-3-2-4-8-12/h2-10,15H,1H3,(H,22,24)(H2,21,23,25)/t15-/m1/s1. The molecule has 25 heavy (non-hydrogen) atoms. The van der Waals surface area contributed by atoms with Crippen molar-refractivity contribution in [2.75, 3.05) is 5.32 Å². The Balaban J connectivity index is 2.05. The third-order valence-corrected chi connectivity index (χ3v) is 4.06. The van der Waals surface area contributed by atoms with E-state index in [1.807, 2.05) is 37.3 Å². The summed E-state index contributed by atoms with van der Waals surface area (Å²) in [5.74, 6) is -0.386. The van der Waals surface area contributed by atoms with E-state index in [4.69, 9.17) is 47.0 Å². The second kappa shape index (κ2) is 8.72. The predicted octanol–water partition coefficient (Wildman–Crippen LogP) is 4.41. The first-order chi connectivity index (χ1) is 11.8. The smallest absolute Gasteiger partial charge is 0.252 e. The Morgan fingerprint density at radius 1 is 1.04 bits per heavy atom. The lowest BCUT2D eigenvalue weighted by Crippen LogP contribution is -2.56. The Bertz CT molecular complexity index is 750. The van der Waals surface area contributed by atoms with Gasteiger partial charge in [0.25, 0.3) is 5.91 Å². The molecule has 132 valence electrons. The van der Waals surface area contributed by atoms with Crippen molar-refractivity contribution in [2.45, 2.75) is 16.9 Å². The molecule has 8 heteroatoms. The molecule has 0 radical (unpaired) electrons. The van der Waals surface area contributed by atoms with E-state index in [2.05, 4.69) is 16.0 Å². The van der Waals surface area contributed by atoms with Gasteiger partial charge in [0.15, 0.2) is 5.11 Å².